The number of benzene rings is 2. The van der Waals surface area contributed by atoms with Crippen molar-refractivity contribution in [3.05, 3.63) is 59.2 Å². The van der Waals surface area contributed by atoms with Crippen molar-refractivity contribution in [1.82, 2.24) is 0 Å². The maximum absolute atomic E-state index is 14.6. The van der Waals surface area contributed by atoms with E-state index < -0.39 is 29.7 Å². The van der Waals surface area contributed by atoms with Crippen LogP contribution >= 0.6 is 0 Å². The highest BCUT2D eigenvalue weighted by Crippen LogP contribution is 2.34. The van der Waals surface area contributed by atoms with Crippen molar-refractivity contribution >= 4 is 5.97 Å². The molecule has 0 saturated heterocycles. The molecule has 3 nitrogen and oxygen atoms in total. The molecule has 0 amide bonds. The van der Waals surface area contributed by atoms with Gasteiger partial charge >= 0.3 is 12.3 Å². The minimum Gasteiger partial charge on any atom is -0.423 e. The molecule has 2 aromatic rings. The lowest BCUT2D eigenvalue weighted by Crippen LogP contribution is -2.18. The summed E-state index contributed by atoms with van der Waals surface area (Å²) in [5.74, 6) is -3.15. The van der Waals surface area contributed by atoms with Gasteiger partial charge in [0, 0.05) is 6.07 Å². The van der Waals surface area contributed by atoms with Gasteiger partial charge in [-0.05, 0) is 54.5 Å². The Labute approximate surface area is 202 Å². The zero-order chi connectivity index (χ0) is 25.4. The van der Waals surface area contributed by atoms with Crippen molar-refractivity contribution in [2.45, 2.75) is 77.5 Å². The molecule has 0 atom stereocenters. The Kier molecular flexibility index (Phi) is 9.52. The van der Waals surface area contributed by atoms with Gasteiger partial charge in [0.25, 0.3) is 0 Å². The zero-order valence-corrected chi connectivity index (χ0v) is 19.8. The van der Waals surface area contributed by atoms with Crippen LogP contribution in [0.1, 0.15) is 80.6 Å². The lowest BCUT2D eigenvalue weighted by Gasteiger charge is -2.28. The van der Waals surface area contributed by atoms with Crippen LogP contribution in [-0.4, -0.2) is 12.3 Å². The lowest BCUT2D eigenvalue weighted by atomic mass is 9.78. The van der Waals surface area contributed by atoms with Gasteiger partial charge in [0.2, 0.25) is 0 Å². The van der Waals surface area contributed by atoms with Crippen LogP contribution < -0.4 is 9.47 Å². The Morgan fingerprint density at radius 3 is 2.20 bits per heavy atom. The third-order valence-corrected chi connectivity index (χ3v) is 6.62. The van der Waals surface area contributed by atoms with Crippen molar-refractivity contribution < 1.29 is 36.2 Å². The van der Waals surface area contributed by atoms with E-state index in [1.54, 1.807) is 6.07 Å². The highest BCUT2D eigenvalue weighted by atomic mass is 19.4. The lowest BCUT2D eigenvalue weighted by molar-refractivity contribution is -0.275. The summed E-state index contributed by atoms with van der Waals surface area (Å²) in [7, 11) is 0. The summed E-state index contributed by atoms with van der Waals surface area (Å²) in [5.41, 5.74) is 0.446. The van der Waals surface area contributed by atoms with Crippen LogP contribution in [0.4, 0.5) is 22.0 Å². The fourth-order valence-electron chi connectivity index (χ4n) is 4.66. The standard InChI is InChI=1S/C27H31F5O3/c1-2-3-4-5-18-6-8-19(9-7-18)10-11-20-12-14-22(23(28)16-20)26(33)34-21-13-15-25(24(29)17-21)35-27(30,31)32/h12-19H,2-11H2,1H3. The van der Waals surface area contributed by atoms with E-state index >= 15 is 0 Å². The maximum Gasteiger partial charge on any atom is 0.573 e. The number of aryl methyl sites for hydroxylation is 1. The van der Waals surface area contributed by atoms with E-state index in [1.807, 2.05) is 0 Å². The smallest absolute Gasteiger partial charge is 0.423 e. The van der Waals surface area contributed by atoms with Crippen molar-refractivity contribution in [2.24, 2.45) is 11.8 Å². The van der Waals surface area contributed by atoms with Crippen LogP contribution in [0.25, 0.3) is 0 Å². The largest absolute Gasteiger partial charge is 0.573 e. The first-order chi connectivity index (χ1) is 16.6. The molecule has 0 aliphatic heterocycles. The molecule has 0 bridgehead atoms. The molecule has 1 fully saturated rings. The van der Waals surface area contributed by atoms with Crippen LogP contribution in [0.3, 0.4) is 0 Å². The fraction of sp³-hybridized carbons (Fsp3) is 0.519. The molecule has 3 rings (SSSR count). The van der Waals surface area contributed by atoms with E-state index in [0.717, 1.165) is 24.0 Å². The summed E-state index contributed by atoms with van der Waals surface area (Å²) >= 11 is 0. The van der Waals surface area contributed by atoms with Crippen molar-refractivity contribution in [3.63, 3.8) is 0 Å². The number of halogens is 5. The summed E-state index contributed by atoms with van der Waals surface area (Å²) in [4.78, 5) is 12.3. The molecular weight excluding hydrogens is 467 g/mol. The van der Waals surface area contributed by atoms with Gasteiger partial charge in [-0.3, -0.25) is 0 Å². The number of esters is 1. The van der Waals surface area contributed by atoms with Gasteiger partial charge in [-0.25, -0.2) is 13.6 Å². The summed E-state index contributed by atoms with van der Waals surface area (Å²) < 4.78 is 73.6. The number of ether oxygens (including phenoxy) is 2. The van der Waals surface area contributed by atoms with Crippen LogP contribution in [0.5, 0.6) is 11.5 Å². The Hall–Kier alpha value is -2.64. The molecule has 0 aromatic heterocycles. The van der Waals surface area contributed by atoms with E-state index in [1.165, 1.54) is 63.5 Å². The first kappa shape index (κ1) is 27.0. The molecule has 1 saturated carbocycles. The topological polar surface area (TPSA) is 35.5 Å². The minimum absolute atomic E-state index is 0.336. The van der Waals surface area contributed by atoms with E-state index in [4.69, 9.17) is 4.74 Å². The number of unbranched alkanes of at least 4 members (excludes halogenated alkanes) is 2. The predicted molar refractivity (Wildman–Crippen MR) is 122 cm³/mol. The van der Waals surface area contributed by atoms with Gasteiger partial charge < -0.3 is 9.47 Å². The molecule has 0 unspecified atom stereocenters. The predicted octanol–water partition coefficient (Wildman–Crippen LogP) is 8.40. The Balaban J connectivity index is 1.50. The molecule has 192 valence electrons. The van der Waals surface area contributed by atoms with E-state index in [9.17, 15) is 26.7 Å². The molecule has 8 heteroatoms. The quantitative estimate of drug-likeness (QED) is 0.143. The average molecular weight is 499 g/mol. The number of rotatable bonds is 10. The van der Waals surface area contributed by atoms with Crippen molar-refractivity contribution in [2.75, 3.05) is 0 Å². The van der Waals surface area contributed by atoms with E-state index in [0.29, 0.717) is 24.5 Å². The number of hydrogen-bond donors (Lipinski definition) is 0. The second kappa shape index (κ2) is 12.4. The second-order valence-corrected chi connectivity index (χ2v) is 9.26. The van der Waals surface area contributed by atoms with Crippen LogP contribution in [0.15, 0.2) is 36.4 Å². The third kappa shape index (κ3) is 8.51. The van der Waals surface area contributed by atoms with Gasteiger partial charge in [-0.15, -0.1) is 13.2 Å². The second-order valence-electron chi connectivity index (χ2n) is 9.26. The summed E-state index contributed by atoms with van der Waals surface area (Å²) in [6, 6.07) is 6.47. The maximum atomic E-state index is 14.6. The first-order valence-electron chi connectivity index (χ1n) is 12.2. The number of carbonyl (C=O) groups is 1. The molecule has 1 aliphatic carbocycles. The highest BCUT2D eigenvalue weighted by molar-refractivity contribution is 5.91. The SMILES string of the molecule is CCCCCC1CCC(CCc2ccc(C(=O)Oc3ccc(OC(F)(F)F)c(F)c3)c(F)c2)CC1. The summed E-state index contributed by atoms with van der Waals surface area (Å²) in [6.07, 6.45) is 6.73. The van der Waals surface area contributed by atoms with Gasteiger partial charge in [0.15, 0.2) is 11.6 Å². The van der Waals surface area contributed by atoms with Crippen molar-refractivity contribution in [1.29, 1.82) is 0 Å². The molecule has 0 heterocycles. The van der Waals surface area contributed by atoms with E-state index in [2.05, 4.69) is 11.7 Å². The molecule has 35 heavy (non-hydrogen) atoms. The Morgan fingerprint density at radius 2 is 1.60 bits per heavy atom. The van der Waals surface area contributed by atoms with Crippen LogP contribution in [0, 0.1) is 23.5 Å². The molecule has 0 radical (unpaired) electrons. The summed E-state index contributed by atoms with van der Waals surface area (Å²) in [6.45, 7) is 2.22. The molecule has 2 aromatic carbocycles. The molecule has 1 aliphatic rings. The highest BCUT2D eigenvalue weighted by Gasteiger charge is 2.32. The van der Waals surface area contributed by atoms with Gasteiger partial charge in [0.1, 0.15) is 11.6 Å². The normalized spacial score (nSPS) is 18.3. The van der Waals surface area contributed by atoms with Crippen LogP contribution in [0.2, 0.25) is 0 Å². The molecular formula is C27H31F5O3. The fourth-order valence-corrected chi connectivity index (χ4v) is 4.66. The number of carbonyl (C=O) groups excluding carboxylic acids is 1. The first-order valence-corrected chi connectivity index (χ1v) is 12.2. The van der Waals surface area contributed by atoms with Crippen molar-refractivity contribution in [3.8, 4) is 11.5 Å². The van der Waals surface area contributed by atoms with Gasteiger partial charge in [-0.2, -0.15) is 0 Å². The van der Waals surface area contributed by atoms with E-state index in [-0.39, 0.29) is 11.3 Å². The average Bonchev–Trinajstić information content (AvgIpc) is 2.80. The molecule has 0 spiro atoms. The summed E-state index contributed by atoms with van der Waals surface area (Å²) in [5, 5.41) is 0. The minimum atomic E-state index is -5.06. The van der Waals surface area contributed by atoms with Gasteiger partial charge in [0.05, 0.1) is 5.56 Å². The number of hydrogen-bond acceptors (Lipinski definition) is 3. The zero-order valence-electron chi connectivity index (χ0n) is 19.8. The van der Waals surface area contributed by atoms with Crippen LogP contribution in [-0.2, 0) is 6.42 Å². The number of alkyl halides is 3. The van der Waals surface area contributed by atoms with Gasteiger partial charge in [-0.1, -0.05) is 64.4 Å². The Bertz CT molecular complexity index is 981. The third-order valence-electron chi connectivity index (χ3n) is 6.62. The monoisotopic (exact) mass is 498 g/mol. The molecule has 0 N–H and O–H groups in total. The Morgan fingerprint density at radius 1 is 0.914 bits per heavy atom.